The van der Waals surface area contributed by atoms with Crippen molar-refractivity contribution in [2.75, 3.05) is 0 Å². The first-order valence-electron chi connectivity index (χ1n) is 13.6. The number of aliphatic hydroxyl groups excluding tert-OH is 1. The Bertz CT molecular complexity index is 1650. The summed E-state index contributed by atoms with van der Waals surface area (Å²) < 4.78 is 6.37. The molecule has 8 nitrogen and oxygen atoms in total. The highest BCUT2D eigenvalue weighted by Gasteiger charge is 2.37. The molecule has 0 fully saturated rings. The second-order valence-electron chi connectivity index (χ2n) is 12.0. The maximum absolute atomic E-state index is 13.3. The Balaban J connectivity index is 1.97. The van der Waals surface area contributed by atoms with E-state index in [0.717, 1.165) is 16.7 Å². The molecule has 216 valence electrons. The molecule has 1 heterocycles. The summed E-state index contributed by atoms with van der Waals surface area (Å²) in [6.07, 6.45) is 0.613. The van der Waals surface area contributed by atoms with E-state index >= 15 is 0 Å². The quantitative estimate of drug-likeness (QED) is 0.172. The van der Waals surface area contributed by atoms with Crippen LogP contribution in [0.5, 0.6) is 0 Å². The Morgan fingerprint density at radius 3 is 2.34 bits per heavy atom. The third-order valence-electron chi connectivity index (χ3n) is 7.61. The highest BCUT2D eigenvalue weighted by atomic mass is 28.4. The number of aliphatic hydroxyl groups is 1. The lowest BCUT2D eigenvalue weighted by molar-refractivity contribution is 0.103. The number of H-pyrrole nitrogens is 2. The molecule has 0 saturated heterocycles. The lowest BCUT2D eigenvalue weighted by Gasteiger charge is -2.36. The van der Waals surface area contributed by atoms with Gasteiger partial charge in [0.2, 0.25) is 5.78 Å². The van der Waals surface area contributed by atoms with Crippen LogP contribution >= 0.6 is 0 Å². The zero-order chi connectivity index (χ0) is 30.7. The van der Waals surface area contributed by atoms with E-state index in [1.54, 1.807) is 38.1 Å². The van der Waals surface area contributed by atoms with Crippen LogP contribution in [0.1, 0.15) is 83.2 Å². The van der Waals surface area contributed by atoms with E-state index in [9.17, 15) is 24.8 Å². The van der Waals surface area contributed by atoms with Crippen molar-refractivity contribution in [3.8, 4) is 6.07 Å². The van der Waals surface area contributed by atoms with Gasteiger partial charge in [-0.25, -0.2) is 4.79 Å². The normalized spacial score (nSPS) is 13.1. The Labute approximate surface area is 241 Å². The molecular weight excluding hydrogens is 534 g/mol. The number of benzene rings is 2. The number of hydrogen-bond donors (Lipinski definition) is 3. The van der Waals surface area contributed by atoms with E-state index in [4.69, 9.17) is 4.43 Å². The minimum absolute atomic E-state index is 0.0606. The molecule has 0 aliphatic carbocycles. The van der Waals surface area contributed by atoms with Gasteiger partial charge in [-0.05, 0) is 78.9 Å². The standard InChI is InChI=1S/C32H39N3O5Si/c1-9-26-27(34-31(39)35-30(26)38)29(37)24-13-19(2)10-21(14-24)15-25(17-33)28(36)23-12-20(3)11-22(16-23)18-40-41(7,8)32(4,5)6/h10-16,28,36H,9,18H2,1-8H3,(H2,34,35,38,39). The maximum Gasteiger partial charge on any atom is 0.326 e. The van der Waals surface area contributed by atoms with Crippen LogP contribution in [-0.2, 0) is 17.5 Å². The van der Waals surface area contributed by atoms with Gasteiger partial charge in [0, 0.05) is 11.1 Å². The molecule has 0 amide bonds. The molecule has 41 heavy (non-hydrogen) atoms. The molecule has 9 heteroatoms. The van der Waals surface area contributed by atoms with Crippen LogP contribution in [0.4, 0.5) is 0 Å². The molecule has 0 aliphatic heterocycles. The summed E-state index contributed by atoms with van der Waals surface area (Å²) in [5.41, 5.74) is 2.82. The SMILES string of the molecule is CCc1c(C(=O)c2cc(C)cc(C=C(C#N)C(O)c3cc(C)cc(CO[Si](C)(C)C(C)(C)C)c3)c2)[nH]c(=O)[nH]c1=O. The number of aromatic nitrogens is 2. The molecule has 1 unspecified atom stereocenters. The van der Waals surface area contributed by atoms with Gasteiger partial charge < -0.3 is 14.5 Å². The van der Waals surface area contributed by atoms with Crippen molar-refractivity contribution >= 4 is 20.2 Å². The number of carbonyl (C=O) groups is 1. The number of aryl methyl sites for hydroxylation is 2. The summed E-state index contributed by atoms with van der Waals surface area (Å²) in [5, 5.41) is 21.3. The number of aromatic amines is 2. The number of rotatable bonds is 9. The summed E-state index contributed by atoms with van der Waals surface area (Å²) in [6.45, 7) is 16.8. The van der Waals surface area contributed by atoms with Gasteiger partial charge in [0.1, 0.15) is 6.10 Å². The first-order valence-corrected chi connectivity index (χ1v) is 16.5. The van der Waals surface area contributed by atoms with Crippen LogP contribution < -0.4 is 11.2 Å². The average molecular weight is 574 g/mol. The topological polar surface area (TPSA) is 136 Å². The van der Waals surface area contributed by atoms with Crippen LogP contribution in [0.2, 0.25) is 18.1 Å². The van der Waals surface area contributed by atoms with Crippen LogP contribution in [0.15, 0.2) is 51.6 Å². The van der Waals surface area contributed by atoms with Crippen LogP contribution in [0.3, 0.4) is 0 Å². The smallest absolute Gasteiger partial charge is 0.326 e. The van der Waals surface area contributed by atoms with Crippen molar-refractivity contribution < 1.29 is 14.3 Å². The number of hydrogen-bond acceptors (Lipinski definition) is 6. The highest BCUT2D eigenvalue weighted by Crippen LogP contribution is 2.37. The molecule has 3 aromatic rings. The van der Waals surface area contributed by atoms with Crippen molar-refractivity contribution in [3.05, 3.63) is 107 Å². The molecule has 0 bridgehead atoms. The zero-order valence-corrected chi connectivity index (χ0v) is 26.1. The molecule has 0 aliphatic rings. The second kappa shape index (κ2) is 12.3. The first-order chi connectivity index (χ1) is 19.1. The summed E-state index contributed by atoms with van der Waals surface area (Å²) in [7, 11) is -1.98. The summed E-state index contributed by atoms with van der Waals surface area (Å²) in [6, 6.07) is 12.8. The average Bonchev–Trinajstić information content (AvgIpc) is 2.88. The Kier molecular flexibility index (Phi) is 9.54. The lowest BCUT2D eigenvalue weighted by Crippen LogP contribution is -2.40. The summed E-state index contributed by atoms with van der Waals surface area (Å²) >= 11 is 0. The monoisotopic (exact) mass is 573 g/mol. The number of nitrogens with zero attached hydrogens (tertiary/aromatic N) is 1. The van der Waals surface area contributed by atoms with Crippen LogP contribution in [0.25, 0.3) is 6.08 Å². The first kappa shape index (κ1) is 31.7. The van der Waals surface area contributed by atoms with Crippen molar-refractivity contribution in [3.63, 3.8) is 0 Å². The van der Waals surface area contributed by atoms with E-state index < -0.39 is 31.5 Å². The van der Waals surface area contributed by atoms with Crippen LogP contribution in [0, 0.1) is 25.2 Å². The fourth-order valence-electron chi connectivity index (χ4n) is 4.36. The van der Waals surface area contributed by atoms with E-state index in [1.165, 1.54) is 0 Å². The zero-order valence-electron chi connectivity index (χ0n) is 25.1. The summed E-state index contributed by atoms with van der Waals surface area (Å²) in [4.78, 5) is 42.1. The highest BCUT2D eigenvalue weighted by molar-refractivity contribution is 6.74. The van der Waals surface area contributed by atoms with Crippen molar-refractivity contribution in [2.24, 2.45) is 0 Å². The molecule has 1 aromatic heterocycles. The van der Waals surface area contributed by atoms with Gasteiger partial charge >= 0.3 is 5.69 Å². The molecule has 2 aromatic carbocycles. The van der Waals surface area contributed by atoms with Gasteiger partial charge in [-0.2, -0.15) is 5.26 Å². The van der Waals surface area contributed by atoms with Gasteiger partial charge in [-0.3, -0.25) is 14.6 Å². The molecule has 3 rings (SSSR count). The maximum atomic E-state index is 13.3. The van der Waals surface area contributed by atoms with Crippen molar-refractivity contribution in [1.82, 2.24) is 9.97 Å². The van der Waals surface area contributed by atoms with Gasteiger partial charge in [0.25, 0.3) is 5.56 Å². The predicted octanol–water partition coefficient (Wildman–Crippen LogP) is 5.64. The Hall–Kier alpha value is -3.84. The molecule has 0 spiro atoms. The van der Waals surface area contributed by atoms with Gasteiger partial charge in [-0.15, -0.1) is 0 Å². The van der Waals surface area contributed by atoms with E-state index in [0.29, 0.717) is 17.7 Å². The number of nitriles is 1. The fraction of sp³-hybridized carbons (Fsp3) is 0.375. The molecular formula is C32H39N3O5Si. The van der Waals surface area contributed by atoms with E-state index in [1.807, 2.05) is 25.1 Å². The Morgan fingerprint density at radius 2 is 1.73 bits per heavy atom. The lowest BCUT2D eigenvalue weighted by atomic mass is 9.95. The van der Waals surface area contributed by atoms with Gasteiger partial charge in [0.15, 0.2) is 8.32 Å². The minimum atomic E-state index is -1.98. The van der Waals surface area contributed by atoms with E-state index in [2.05, 4.69) is 49.9 Å². The summed E-state index contributed by atoms with van der Waals surface area (Å²) in [5.74, 6) is -0.507. The third-order valence-corrected chi connectivity index (χ3v) is 12.1. The molecule has 3 N–H and O–H groups in total. The van der Waals surface area contributed by atoms with Crippen molar-refractivity contribution in [1.29, 1.82) is 5.26 Å². The minimum Gasteiger partial charge on any atom is -0.413 e. The number of carbonyl (C=O) groups excluding carboxylic acids is 1. The van der Waals surface area contributed by atoms with Crippen LogP contribution in [-0.4, -0.2) is 29.2 Å². The second-order valence-corrected chi connectivity index (χ2v) is 16.8. The number of ketones is 1. The Morgan fingerprint density at radius 1 is 1.07 bits per heavy atom. The van der Waals surface area contributed by atoms with Gasteiger partial charge in [-0.1, -0.05) is 57.5 Å². The molecule has 0 radical (unpaired) electrons. The molecule has 0 saturated carbocycles. The largest absolute Gasteiger partial charge is 0.413 e. The van der Waals surface area contributed by atoms with Crippen molar-refractivity contribution in [2.45, 2.75) is 78.8 Å². The van der Waals surface area contributed by atoms with Gasteiger partial charge in [0.05, 0.1) is 23.9 Å². The predicted molar refractivity (Wildman–Crippen MR) is 163 cm³/mol. The number of nitrogens with one attached hydrogen (secondary N) is 2. The van der Waals surface area contributed by atoms with E-state index in [-0.39, 0.29) is 33.9 Å². The fourth-order valence-corrected chi connectivity index (χ4v) is 5.32. The molecule has 1 atom stereocenters. The third kappa shape index (κ3) is 7.47.